The summed E-state index contributed by atoms with van der Waals surface area (Å²) in [6.45, 7) is 12.7. The number of hydrogen-bond acceptors (Lipinski definition) is 6. The van der Waals surface area contributed by atoms with Gasteiger partial charge in [0.15, 0.2) is 0 Å². The lowest BCUT2D eigenvalue weighted by molar-refractivity contribution is -0.157. The first-order valence-electron chi connectivity index (χ1n) is 17.3. The van der Waals surface area contributed by atoms with Crippen LogP contribution < -0.4 is 0 Å². The van der Waals surface area contributed by atoms with Crippen molar-refractivity contribution in [3.63, 3.8) is 0 Å². The number of nitrogens with zero attached hydrogens (tertiary/aromatic N) is 1. The van der Waals surface area contributed by atoms with Crippen molar-refractivity contribution in [1.82, 2.24) is 9.97 Å². The number of carbonyl (C=O) groups excluding carboxylic acids is 1. The third kappa shape index (κ3) is 6.66. The van der Waals surface area contributed by atoms with E-state index in [-0.39, 0.29) is 29.5 Å². The first-order valence-corrected chi connectivity index (χ1v) is 17.3. The van der Waals surface area contributed by atoms with Gasteiger partial charge < -0.3 is 25.0 Å². The molecule has 1 aromatic heterocycles. The summed E-state index contributed by atoms with van der Waals surface area (Å²) < 4.78 is 6.21. The maximum atomic E-state index is 12.9. The van der Waals surface area contributed by atoms with E-state index in [1.807, 2.05) is 6.20 Å². The van der Waals surface area contributed by atoms with Crippen LogP contribution in [0.1, 0.15) is 116 Å². The van der Waals surface area contributed by atoms with E-state index in [9.17, 15) is 20.1 Å². The Morgan fingerprint density at radius 1 is 1.20 bits per heavy atom. The van der Waals surface area contributed by atoms with Crippen LogP contribution in [0, 0.1) is 29.1 Å². The lowest BCUT2D eigenvalue weighted by Gasteiger charge is -2.44. The molecule has 1 unspecified atom stereocenters. The second-order valence-electron chi connectivity index (χ2n) is 14.9. The number of aliphatic hydroxyl groups is 3. The van der Waals surface area contributed by atoms with Gasteiger partial charge in [-0.15, -0.1) is 0 Å². The van der Waals surface area contributed by atoms with Gasteiger partial charge in [0.25, 0.3) is 0 Å². The lowest BCUT2D eigenvalue weighted by atomic mass is 9.60. The minimum atomic E-state index is -0.660. The fourth-order valence-electron chi connectivity index (χ4n) is 8.92. The van der Waals surface area contributed by atoms with E-state index in [0.29, 0.717) is 30.6 Å². The number of carbonyl (C=O) groups is 1. The summed E-state index contributed by atoms with van der Waals surface area (Å²) in [5, 5.41) is 30.1. The number of esters is 1. The molecule has 4 aliphatic carbocycles. The topological polar surface area (TPSA) is 116 Å². The van der Waals surface area contributed by atoms with Gasteiger partial charge in [-0.1, -0.05) is 51.5 Å². The summed E-state index contributed by atoms with van der Waals surface area (Å²) in [5.41, 5.74) is 4.27. The quantitative estimate of drug-likeness (QED) is 0.202. The van der Waals surface area contributed by atoms with Gasteiger partial charge in [-0.25, -0.2) is 4.98 Å². The first-order chi connectivity index (χ1) is 21.0. The van der Waals surface area contributed by atoms with Gasteiger partial charge in [0.05, 0.1) is 35.8 Å². The Hall–Kier alpha value is -2.22. The monoisotopic (exact) mass is 608 g/mol. The molecular formula is C37H56N2O5. The standard InChI is InChI=1S/C37H56N2O5/c1-6-8-28-21-38-35(39-28)37(17-18-37)33(44-34(43)24(3)22-40)15-10-23(2)30-13-14-31-26(9-7-16-36(30,31)5)11-12-27-19-29(41)20-32(42)25(27)4/h11-12,21,23-24,29-33,40-42H,4,6-10,13-20,22H2,1-3,5H3,(H,38,39)/b26-11+,27-12-/t23-,24?,29-,30-,31+,32+,33+,36-/m1/s1. The van der Waals surface area contributed by atoms with Crippen molar-refractivity contribution in [1.29, 1.82) is 0 Å². The molecule has 1 heterocycles. The Bertz CT molecular complexity index is 1240. The summed E-state index contributed by atoms with van der Waals surface area (Å²) in [6, 6.07) is 0. The SMILES string of the molecule is C=C1/C(=C\C=C2/CCC[C@]3(C)[C@@H]([C@H](C)CC[C@H](OC(=O)C(C)CO)C4(c5nc(CCC)c[nH]5)CC4)CC[C@@H]23)C[C@@H](O)C[C@@H]1O. The second-order valence-corrected chi connectivity index (χ2v) is 14.9. The molecular weight excluding hydrogens is 552 g/mol. The number of imidazole rings is 1. The predicted molar refractivity (Wildman–Crippen MR) is 173 cm³/mol. The molecule has 0 aliphatic heterocycles. The zero-order valence-electron chi connectivity index (χ0n) is 27.5. The highest BCUT2D eigenvalue weighted by atomic mass is 16.5. The number of aromatic amines is 1. The average Bonchev–Trinajstić information content (AvgIpc) is 3.52. The van der Waals surface area contributed by atoms with Gasteiger partial charge in [0, 0.05) is 12.6 Å². The van der Waals surface area contributed by atoms with Crippen molar-refractivity contribution in [3.05, 3.63) is 53.2 Å². The zero-order chi connectivity index (χ0) is 31.6. The summed E-state index contributed by atoms with van der Waals surface area (Å²) in [4.78, 5) is 21.3. The largest absolute Gasteiger partial charge is 0.461 e. The maximum Gasteiger partial charge on any atom is 0.311 e. The van der Waals surface area contributed by atoms with Crippen molar-refractivity contribution < 1.29 is 24.9 Å². The molecule has 7 heteroatoms. The van der Waals surface area contributed by atoms with Gasteiger partial charge in [0.2, 0.25) is 0 Å². The van der Waals surface area contributed by atoms with Crippen LogP contribution in [0.2, 0.25) is 0 Å². The molecule has 4 N–H and O–H groups in total. The maximum absolute atomic E-state index is 12.9. The number of allylic oxidation sites excluding steroid dienone is 3. The fraction of sp³-hybridized carbons (Fsp3) is 0.730. The molecule has 44 heavy (non-hydrogen) atoms. The minimum absolute atomic E-state index is 0.208. The molecule has 0 aromatic carbocycles. The molecule has 5 rings (SSSR count). The highest BCUT2D eigenvalue weighted by Gasteiger charge is 2.56. The fourth-order valence-corrected chi connectivity index (χ4v) is 8.92. The highest BCUT2D eigenvalue weighted by Crippen LogP contribution is 2.60. The number of fused-ring (bicyclic) bond motifs is 1. The van der Waals surface area contributed by atoms with E-state index >= 15 is 0 Å². The number of ether oxygens (including phenoxy) is 1. The van der Waals surface area contributed by atoms with Crippen LogP contribution in [0.5, 0.6) is 0 Å². The molecule has 4 saturated carbocycles. The van der Waals surface area contributed by atoms with Crippen molar-refractivity contribution in [3.8, 4) is 0 Å². The van der Waals surface area contributed by atoms with Crippen molar-refractivity contribution in [2.75, 3.05) is 6.61 Å². The Kier molecular flexibility index (Phi) is 10.3. The molecule has 1 aromatic rings. The van der Waals surface area contributed by atoms with Gasteiger partial charge in [-0.2, -0.15) is 0 Å². The second kappa shape index (κ2) is 13.6. The molecule has 0 bridgehead atoms. The van der Waals surface area contributed by atoms with Gasteiger partial charge >= 0.3 is 5.97 Å². The molecule has 244 valence electrons. The highest BCUT2D eigenvalue weighted by molar-refractivity contribution is 5.72. The molecule has 8 atom stereocenters. The number of H-pyrrole nitrogens is 1. The van der Waals surface area contributed by atoms with Gasteiger partial charge in [-0.3, -0.25) is 4.79 Å². The smallest absolute Gasteiger partial charge is 0.311 e. The predicted octanol–water partition coefficient (Wildman–Crippen LogP) is 6.49. The van der Waals surface area contributed by atoms with E-state index in [0.717, 1.165) is 67.6 Å². The van der Waals surface area contributed by atoms with Crippen LogP contribution >= 0.6 is 0 Å². The third-order valence-electron chi connectivity index (χ3n) is 11.8. The van der Waals surface area contributed by atoms with Crippen LogP contribution in [-0.4, -0.2) is 56.2 Å². The number of rotatable bonds is 12. The molecule has 4 fully saturated rings. The van der Waals surface area contributed by atoms with E-state index in [4.69, 9.17) is 9.72 Å². The molecule has 7 nitrogen and oxygen atoms in total. The van der Waals surface area contributed by atoms with E-state index < -0.39 is 18.1 Å². The molecule has 0 saturated heterocycles. The van der Waals surface area contributed by atoms with Crippen LogP contribution in [0.4, 0.5) is 0 Å². The normalized spacial score (nSPS) is 33.7. The number of aliphatic hydroxyl groups excluding tert-OH is 3. The number of aromatic nitrogens is 2. The number of nitrogens with one attached hydrogen (secondary N) is 1. The number of hydrogen-bond donors (Lipinski definition) is 4. The summed E-state index contributed by atoms with van der Waals surface area (Å²) in [6.07, 6.45) is 17.5. The van der Waals surface area contributed by atoms with Crippen molar-refractivity contribution in [2.24, 2.45) is 29.1 Å². The average molecular weight is 609 g/mol. The summed E-state index contributed by atoms with van der Waals surface area (Å²) >= 11 is 0. The number of aryl methyl sites for hydroxylation is 1. The Morgan fingerprint density at radius 3 is 2.68 bits per heavy atom. The van der Waals surface area contributed by atoms with Crippen LogP contribution in [-0.2, 0) is 21.4 Å². The molecule has 0 radical (unpaired) electrons. The van der Waals surface area contributed by atoms with Crippen LogP contribution in [0.15, 0.2) is 41.6 Å². The van der Waals surface area contributed by atoms with Gasteiger partial charge in [-0.05, 0) is 112 Å². The molecule has 4 aliphatic rings. The molecule has 0 spiro atoms. The van der Waals surface area contributed by atoms with E-state index in [1.54, 1.807) is 6.92 Å². The van der Waals surface area contributed by atoms with Crippen LogP contribution in [0.3, 0.4) is 0 Å². The van der Waals surface area contributed by atoms with E-state index in [1.165, 1.54) is 31.3 Å². The lowest BCUT2D eigenvalue weighted by Crippen LogP contribution is -2.38. The Balaban J connectivity index is 1.29. The Morgan fingerprint density at radius 2 is 1.98 bits per heavy atom. The van der Waals surface area contributed by atoms with E-state index in [2.05, 4.69) is 44.5 Å². The Labute approximate surface area is 264 Å². The van der Waals surface area contributed by atoms with Gasteiger partial charge in [0.1, 0.15) is 11.9 Å². The first kappa shape index (κ1) is 33.2. The van der Waals surface area contributed by atoms with Crippen LogP contribution in [0.25, 0.3) is 0 Å². The van der Waals surface area contributed by atoms with Crippen molar-refractivity contribution >= 4 is 5.97 Å². The summed E-state index contributed by atoms with van der Waals surface area (Å²) in [7, 11) is 0. The summed E-state index contributed by atoms with van der Waals surface area (Å²) in [5.74, 6) is 1.73. The minimum Gasteiger partial charge on any atom is -0.461 e. The zero-order valence-corrected chi connectivity index (χ0v) is 27.5. The third-order valence-corrected chi connectivity index (χ3v) is 11.8. The molecule has 0 amide bonds. The van der Waals surface area contributed by atoms with Crippen molar-refractivity contribution in [2.45, 2.75) is 135 Å².